The molecule has 5 heteroatoms. The lowest BCUT2D eigenvalue weighted by Crippen LogP contribution is -2.34. The topological polar surface area (TPSA) is 43.8 Å². The molecule has 2 rings (SSSR count). The SMILES string of the molecule is CCC(N)C(c1ccccc1Cl)n1nc(C)c(Cl)c1C. The second kappa shape index (κ2) is 6.17. The maximum absolute atomic E-state index is 6.34. The summed E-state index contributed by atoms with van der Waals surface area (Å²) in [5.41, 5.74) is 9.02. The predicted molar refractivity (Wildman–Crippen MR) is 84.6 cm³/mol. The van der Waals surface area contributed by atoms with Crippen LogP contribution in [-0.4, -0.2) is 15.8 Å². The number of nitrogens with two attached hydrogens (primary N) is 1. The molecule has 1 heterocycles. The van der Waals surface area contributed by atoms with Gasteiger partial charge in [-0.05, 0) is 31.9 Å². The van der Waals surface area contributed by atoms with Crippen LogP contribution in [0.2, 0.25) is 10.0 Å². The van der Waals surface area contributed by atoms with Crippen molar-refractivity contribution in [3.05, 3.63) is 51.3 Å². The lowest BCUT2D eigenvalue weighted by molar-refractivity contribution is 0.415. The maximum Gasteiger partial charge on any atom is 0.0937 e. The fraction of sp³-hybridized carbons (Fsp3) is 0.400. The third-order valence-corrected chi connectivity index (χ3v) is 4.49. The minimum absolute atomic E-state index is 0.0797. The molecule has 0 aliphatic heterocycles. The van der Waals surface area contributed by atoms with Crippen molar-refractivity contribution in [2.45, 2.75) is 39.3 Å². The molecular weight excluding hydrogens is 293 g/mol. The van der Waals surface area contributed by atoms with E-state index in [0.29, 0.717) is 10.0 Å². The van der Waals surface area contributed by atoms with E-state index in [1.807, 2.05) is 42.8 Å². The maximum atomic E-state index is 6.34. The van der Waals surface area contributed by atoms with Crippen molar-refractivity contribution in [2.24, 2.45) is 5.73 Å². The highest BCUT2D eigenvalue weighted by Crippen LogP contribution is 2.32. The van der Waals surface area contributed by atoms with E-state index in [2.05, 4.69) is 12.0 Å². The second-order valence-corrected chi connectivity index (χ2v) is 5.75. The zero-order chi connectivity index (χ0) is 14.9. The Labute approximate surface area is 129 Å². The van der Waals surface area contributed by atoms with Crippen molar-refractivity contribution >= 4 is 23.2 Å². The number of benzene rings is 1. The summed E-state index contributed by atoms with van der Waals surface area (Å²) in [5, 5.41) is 5.93. The molecule has 0 spiro atoms. The van der Waals surface area contributed by atoms with Crippen LogP contribution in [0.5, 0.6) is 0 Å². The van der Waals surface area contributed by atoms with Crippen molar-refractivity contribution in [1.82, 2.24) is 9.78 Å². The smallest absolute Gasteiger partial charge is 0.0937 e. The first kappa shape index (κ1) is 15.4. The van der Waals surface area contributed by atoms with Gasteiger partial charge < -0.3 is 5.73 Å². The molecule has 0 radical (unpaired) electrons. The fourth-order valence-corrected chi connectivity index (χ4v) is 2.77. The van der Waals surface area contributed by atoms with Crippen LogP contribution >= 0.6 is 23.2 Å². The van der Waals surface area contributed by atoms with Gasteiger partial charge in [0.05, 0.1) is 22.5 Å². The lowest BCUT2D eigenvalue weighted by atomic mass is 9.98. The minimum atomic E-state index is -0.111. The van der Waals surface area contributed by atoms with Gasteiger partial charge in [0.1, 0.15) is 0 Å². The van der Waals surface area contributed by atoms with E-state index >= 15 is 0 Å². The summed E-state index contributed by atoms with van der Waals surface area (Å²) in [5.74, 6) is 0. The Morgan fingerprint density at radius 1 is 1.25 bits per heavy atom. The molecule has 2 aromatic rings. The van der Waals surface area contributed by atoms with Crippen LogP contribution in [0.15, 0.2) is 24.3 Å². The summed E-state index contributed by atoms with van der Waals surface area (Å²) in [6.45, 7) is 5.91. The summed E-state index contributed by atoms with van der Waals surface area (Å²) in [4.78, 5) is 0. The summed E-state index contributed by atoms with van der Waals surface area (Å²) < 4.78 is 1.90. The van der Waals surface area contributed by atoms with Gasteiger partial charge in [0.2, 0.25) is 0 Å². The van der Waals surface area contributed by atoms with Crippen molar-refractivity contribution in [3.63, 3.8) is 0 Å². The molecule has 0 bridgehead atoms. The predicted octanol–water partition coefficient (Wildman–Crippen LogP) is 4.13. The number of halogens is 2. The average Bonchev–Trinajstić information content (AvgIpc) is 2.69. The highest BCUT2D eigenvalue weighted by atomic mass is 35.5. The van der Waals surface area contributed by atoms with E-state index in [0.717, 1.165) is 23.4 Å². The van der Waals surface area contributed by atoms with Crippen LogP contribution in [-0.2, 0) is 0 Å². The Hall–Kier alpha value is -1.03. The summed E-state index contributed by atoms with van der Waals surface area (Å²) in [6, 6.07) is 7.55. The monoisotopic (exact) mass is 311 g/mol. The molecule has 108 valence electrons. The Balaban J connectivity index is 2.59. The molecule has 3 nitrogen and oxygen atoms in total. The van der Waals surface area contributed by atoms with Gasteiger partial charge in [-0.2, -0.15) is 5.10 Å². The quantitative estimate of drug-likeness (QED) is 0.922. The molecule has 0 saturated heterocycles. The first-order valence-electron chi connectivity index (χ1n) is 6.68. The van der Waals surface area contributed by atoms with E-state index in [9.17, 15) is 0 Å². The van der Waals surface area contributed by atoms with E-state index in [1.54, 1.807) is 0 Å². The molecule has 0 aliphatic rings. The standard InChI is InChI=1S/C15H19Cl2N3/c1-4-13(18)15(11-7-5-6-8-12(11)16)20-10(3)14(17)9(2)19-20/h5-8,13,15H,4,18H2,1-3H3. The molecule has 0 saturated carbocycles. The summed E-state index contributed by atoms with van der Waals surface area (Å²) >= 11 is 12.6. The van der Waals surface area contributed by atoms with Gasteiger partial charge in [-0.25, -0.2) is 0 Å². The molecule has 1 aromatic carbocycles. The van der Waals surface area contributed by atoms with Crippen molar-refractivity contribution in [3.8, 4) is 0 Å². The van der Waals surface area contributed by atoms with Crippen molar-refractivity contribution < 1.29 is 0 Å². The number of aromatic nitrogens is 2. The van der Waals surface area contributed by atoms with E-state index in [4.69, 9.17) is 28.9 Å². The van der Waals surface area contributed by atoms with E-state index < -0.39 is 0 Å². The normalized spacial score (nSPS) is 14.3. The van der Waals surface area contributed by atoms with Gasteiger partial charge in [0, 0.05) is 11.1 Å². The highest BCUT2D eigenvalue weighted by Gasteiger charge is 2.26. The fourth-order valence-electron chi connectivity index (χ4n) is 2.40. The first-order chi connectivity index (χ1) is 9.47. The van der Waals surface area contributed by atoms with Gasteiger partial charge in [0.25, 0.3) is 0 Å². The first-order valence-corrected chi connectivity index (χ1v) is 7.44. The van der Waals surface area contributed by atoms with Gasteiger partial charge in [-0.3, -0.25) is 4.68 Å². The van der Waals surface area contributed by atoms with Crippen LogP contribution in [0, 0.1) is 13.8 Å². The average molecular weight is 312 g/mol. The summed E-state index contributed by atoms with van der Waals surface area (Å²) in [7, 11) is 0. The Morgan fingerprint density at radius 2 is 1.90 bits per heavy atom. The third kappa shape index (κ3) is 2.71. The molecular formula is C15H19Cl2N3. The van der Waals surface area contributed by atoms with Crippen LogP contribution in [0.1, 0.15) is 36.3 Å². The molecule has 1 aromatic heterocycles. The number of rotatable bonds is 4. The molecule has 20 heavy (non-hydrogen) atoms. The zero-order valence-electron chi connectivity index (χ0n) is 11.9. The number of hydrogen-bond donors (Lipinski definition) is 1. The number of aryl methyl sites for hydroxylation is 1. The van der Waals surface area contributed by atoms with Crippen LogP contribution in [0.25, 0.3) is 0 Å². The highest BCUT2D eigenvalue weighted by molar-refractivity contribution is 6.32. The van der Waals surface area contributed by atoms with Crippen molar-refractivity contribution in [2.75, 3.05) is 0 Å². The zero-order valence-corrected chi connectivity index (χ0v) is 13.4. The van der Waals surface area contributed by atoms with Crippen LogP contribution < -0.4 is 5.73 Å². The van der Waals surface area contributed by atoms with Crippen LogP contribution in [0.3, 0.4) is 0 Å². The van der Waals surface area contributed by atoms with Gasteiger partial charge in [-0.1, -0.05) is 48.3 Å². The van der Waals surface area contributed by atoms with Crippen LogP contribution in [0.4, 0.5) is 0 Å². The number of nitrogens with zero attached hydrogens (tertiary/aromatic N) is 2. The van der Waals surface area contributed by atoms with Crippen molar-refractivity contribution in [1.29, 1.82) is 0 Å². The number of hydrogen-bond acceptors (Lipinski definition) is 2. The molecule has 0 fully saturated rings. The minimum Gasteiger partial charge on any atom is -0.326 e. The van der Waals surface area contributed by atoms with E-state index in [-0.39, 0.29) is 12.1 Å². The lowest BCUT2D eigenvalue weighted by Gasteiger charge is -2.26. The molecule has 0 aliphatic carbocycles. The van der Waals surface area contributed by atoms with Gasteiger partial charge in [-0.15, -0.1) is 0 Å². The third-order valence-electron chi connectivity index (χ3n) is 3.60. The Bertz CT molecular complexity index is 607. The van der Waals surface area contributed by atoms with E-state index in [1.165, 1.54) is 0 Å². The molecule has 2 unspecified atom stereocenters. The molecule has 2 atom stereocenters. The van der Waals surface area contributed by atoms with Gasteiger partial charge in [0.15, 0.2) is 0 Å². The molecule has 0 amide bonds. The second-order valence-electron chi connectivity index (χ2n) is 4.97. The molecule has 2 N–H and O–H groups in total. The Kier molecular flexibility index (Phi) is 4.74. The Morgan fingerprint density at radius 3 is 2.40 bits per heavy atom. The van der Waals surface area contributed by atoms with Gasteiger partial charge >= 0.3 is 0 Å². The summed E-state index contributed by atoms with van der Waals surface area (Å²) in [6.07, 6.45) is 0.825. The largest absolute Gasteiger partial charge is 0.326 e.